The van der Waals surface area contributed by atoms with Crippen LogP contribution in [0.25, 0.3) is 11.3 Å². The highest BCUT2D eigenvalue weighted by Crippen LogP contribution is 2.29. The van der Waals surface area contributed by atoms with Gasteiger partial charge in [-0.05, 0) is 35.0 Å². The van der Waals surface area contributed by atoms with Gasteiger partial charge in [0, 0.05) is 23.8 Å². The number of aryl methyl sites for hydroxylation is 1. The number of rotatable bonds is 3. The van der Waals surface area contributed by atoms with Crippen molar-refractivity contribution in [1.29, 1.82) is 0 Å². The molecule has 2 rings (SSSR count). The zero-order chi connectivity index (χ0) is 11.5. The van der Waals surface area contributed by atoms with Gasteiger partial charge in [0.2, 0.25) is 0 Å². The van der Waals surface area contributed by atoms with E-state index >= 15 is 0 Å². The second-order valence-corrected chi connectivity index (χ2v) is 4.57. The summed E-state index contributed by atoms with van der Waals surface area (Å²) < 4.78 is 2.91. The first kappa shape index (κ1) is 11.6. The largest absolute Gasteiger partial charge is 0.267 e. The smallest absolute Gasteiger partial charge is 0.108 e. The van der Waals surface area contributed by atoms with Crippen molar-refractivity contribution < 1.29 is 0 Å². The molecule has 16 heavy (non-hydrogen) atoms. The van der Waals surface area contributed by atoms with Crippen LogP contribution in [0.5, 0.6) is 0 Å². The Labute approximate surface area is 108 Å². The van der Waals surface area contributed by atoms with Crippen molar-refractivity contribution in [2.45, 2.75) is 13.5 Å². The molecule has 0 fully saturated rings. The molecule has 5 heteroatoms. The lowest BCUT2D eigenvalue weighted by Crippen LogP contribution is -2.03. The second kappa shape index (κ2) is 4.97. The summed E-state index contributed by atoms with van der Waals surface area (Å²) in [4.78, 5) is 4.09. The molecule has 0 amide bonds. The van der Waals surface area contributed by atoms with Crippen LogP contribution < -0.4 is 0 Å². The Morgan fingerprint density at radius 3 is 2.94 bits per heavy atom. The van der Waals surface area contributed by atoms with Crippen molar-refractivity contribution in [3.8, 4) is 11.3 Å². The lowest BCUT2D eigenvalue weighted by atomic mass is 10.2. The molecule has 0 aliphatic rings. The number of hydrogen-bond donors (Lipinski definition) is 0. The minimum absolute atomic E-state index is 0.557. The third-order valence-electron chi connectivity index (χ3n) is 2.36. The van der Waals surface area contributed by atoms with Gasteiger partial charge in [-0.1, -0.05) is 0 Å². The fraction of sp³-hybridized carbons (Fsp3) is 0.273. The van der Waals surface area contributed by atoms with Crippen molar-refractivity contribution >= 4 is 27.5 Å². The third-order valence-corrected chi connectivity index (χ3v) is 3.48. The van der Waals surface area contributed by atoms with Crippen LogP contribution in [0.2, 0.25) is 0 Å². The SMILES string of the molecule is Cc1c(Br)c(-c2cccnc2)nn1CCCl. The summed E-state index contributed by atoms with van der Waals surface area (Å²) in [5.74, 6) is 0.557. The van der Waals surface area contributed by atoms with E-state index in [0.717, 1.165) is 21.4 Å². The van der Waals surface area contributed by atoms with Crippen LogP contribution >= 0.6 is 27.5 Å². The van der Waals surface area contributed by atoms with E-state index in [1.165, 1.54) is 0 Å². The lowest BCUT2D eigenvalue weighted by Gasteiger charge is -1.98. The summed E-state index contributed by atoms with van der Waals surface area (Å²) in [6.07, 6.45) is 3.55. The van der Waals surface area contributed by atoms with E-state index in [2.05, 4.69) is 26.0 Å². The highest BCUT2D eigenvalue weighted by Gasteiger charge is 2.13. The van der Waals surface area contributed by atoms with Gasteiger partial charge in [-0.2, -0.15) is 5.10 Å². The number of aromatic nitrogens is 3. The third kappa shape index (κ3) is 2.13. The molecule has 0 spiro atoms. The second-order valence-electron chi connectivity index (χ2n) is 3.40. The maximum Gasteiger partial charge on any atom is 0.108 e. The summed E-state index contributed by atoms with van der Waals surface area (Å²) in [7, 11) is 0. The fourth-order valence-electron chi connectivity index (χ4n) is 1.51. The molecule has 2 aromatic rings. The predicted molar refractivity (Wildman–Crippen MR) is 68.6 cm³/mol. The molecule has 0 atom stereocenters. The first-order valence-corrected chi connectivity index (χ1v) is 6.26. The Hall–Kier alpha value is -0.870. The standard InChI is InChI=1S/C11H11BrClN3/c1-8-10(12)11(15-16(8)6-4-13)9-3-2-5-14-7-9/h2-3,5,7H,4,6H2,1H3. The predicted octanol–water partition coefficient (Wildman–Crippen LogP) is 3.25. The number of hydrogen-bond acceptors (Lipinski definition) is 2. The summed E-state index contributed by atoms with van der Waals surface area (Å²) >= 11 is 9.28. The van der Waals surface area contributed by atoms with Crippen LogP contribution in [0, 0.1) is 6.92 Å². The van der Waals surface area contributed by atoms with E-state index in [1.54, 1.807) is 12.4 Å². The maximum absolute atomic E-state index is 5.73. The van der Waals surface area contributed by atoms with Crippen LogP contribution in [0.3, 0.4) is 0 Å². The first-order valence-electron chi connectivity index (χ1n) is 4.93. The molecule has 0 aromatic carbocycles. The van der Waals surface area contributed by atoms with Crippen molar-refractivity contribution in [2.75, 3.05) is 5.88 Å². The number of halogens is 2. The molecule has 0 bridgehead atoms. The van der Waals surface area contributed by atoms with Gasteiger partial charge in [0.05, 0.1) is 16.7 Å². The van der Waals surface area contributed by atoms with Crippen molar-refractivity contribution in [2.24, 2.45) is 0 Å². The minimum Gasteiger partial charge on any atom is -0.267 e. The Bertz CT molecular complexity index is 481. The highest BCUT2D eigenvalue weighted by molar-refractivity contribution is 9.10. The maximum atomic E-state index is 5.73. The number of nitrogens with zero attached hydrogens (tertiary/aromatic N) is 3. The van der Waals surface area contributed by atoms with Crippen molar-refractivity contribution in [1.82, 2.24) is 14.8 Å². The zero-order valence-electron chi connectivity index (χ0n) is 8.82. The van der Waals surface area contributed by atoms with E-state index in [1.807, 2.05) is 23.7 Å². The zero-order valence-corrected chi connectivity index (χ0v) is 11.2. The summed E-state index contributed by atoms with van der Waals surface area (Å²) in [6, 6.07) is 3.89. The van der Waals surface area contributed by atoms with E-state index in [0.29, 0.717) is 12.4 Å². The topological polar surface area (TPSA) is 30.7 Å². The molecule has 0 saturated heterocycles. The van der Waals surface area contributed by atoms with Gasteiger partial charge in [-0.3, -0.25) is 9.67 Å². The van der Waals surface area contributed by atoms with Gasteiger partial charge in [0.25, 0.3) is 0 Å². The quantitative estimate of drug-likeness (QED) is 0.815. The summed E-state index contributed by atoms with van der Waals surface area (Å²) in [6.45, 7) is 2.73. The molecule has 84 valence electrons. The molecular formula is C11H11BrClN3. The van der Waals surface area contributed by atoms with Gasteiger partial charge in [0.1, 0.15) is 5.69 Å². The Balaban J connectivity index is 2.46. The summed E-state index contributed by atoms with van der Waals surface area (Å²) in [5.41, 5.74) is 3.00. The molecule has 0 aliphatic carbocycles. The minimum atomic E-state index is 0.557. The lowest BCUT2D eigenvalue weighted by molar-refractivity contribution is 0.645. The number of alkyl halides is 1. The first-order chi connectivity index (χ1) is 7.74. The molecule has 0 saturated carbocycles. The van der Waals surface area contributed by atoms with Crippen LogP contribution in [0.4, 0.5) is 0 Å². The van der Waals surface area contributed by atoms with Crippen LogP contribution in [-0.4, -0.2) is 20.6 Å². The van der Waals surface area contributed by atoms with E-state index in [-0.39, 0.29) is 0 Å². The van der Waals surface area contributed by atoms with Gasteiger partial charge in [-0.25, -0.2) is 0 Å². The average molecular weight is 301 g/mol. The fourth-order valence-corrected chi connectivity index (χ4v) is 2.18. The molecule has 2 heterocycles. The van der Waals surface area contributed by atoms with Gasteiger partial charge in [0.15, 0.2) is 0 Å². The van der Waals surface area contributed by atoms with Crippen molar-refractivity contribution in [3.05, 3.63) is 34.7 Å². The van der Waals surface area contributed by atoms with E-state index < -0.39 is 0 Å². The summed E-state index contributed by atoms with van der Waals surface area (Å²) in [5, 5.41) is 4.51. The molecule has 0 aliphatic heterocycles. The van der Waals surface area contributed by atoms with Gasteiger partial charge < -0.3 is 0 Å². The van der Waals surface area contributed by atoms with Gasteiger partial charge in [-0.15, -0.1) is 11.6 Å². The van der Waals surface area contributed by atoms with Crippen LogP contribution in [0.1, 0.15) is 5.69 Å². The van der Waals surface area contributed by atoms with Crippen molar-refractivity contribution in [3.63, 3.8) is 0 Å². The van der Waals surface area contributed by atoms with Crippen LogP contribution in [-0.2, 0) is 6.54 Å². The Morgan fingerprint density at radius 1 is 1.50 bits per heavy atom. The highest BCUT2D eigenvalue weighted by atomic mass is 79.9. The Morgan fingerprint density at radius 2 is 2.31 bits per heavy atom. The molecule has 3 nitrogen and oxygen atoms in total. The molecule has 2 aromatic heterocycles. The molecule has 0 unspecified atom stereocenters. The van der Waals surface area contributed by atoms with E-state index in [4.69, 9.17) is 11.6 Å². The van der Waals surface area contributed by atoms with Crippen LogP contribution in [0.15, 0.2) is 29.0 Å². The van der Waals surface area contributed by atoms with Gasteiger partial charge >= 0.3 is 0 Å². The molecular weight excluding hydrogens is 289 g/mol. The molecule has 0 radical (unpaired) electrons. The molecule has 0 N–H and O–H groups in total. The number of pyridine rings is 1. The van der Waals surface area contributed by atoms with E-state index in [9.17, 15) is 0 Å². The monoisotopic (exact) mass is 299 g/mol. The Kier molecular flexibility index (Phi) is 3.61. The normalized spacial score (nSPS) is 10.7. The average Bonchev–Trinajstić information content (AvgIpc) is 2.59.